The van der Waals surface area contributed by atoms with E-state index >= 15 is 0 Å². The van der Waals surface area contributed by atoms with E-state index in [1.54, 1.807) is 62.8 Å². The molecule has 4 aromatic rings. The largest absolute Gasteiger partial charge is 0.497 e. The summed E-state index contributed by atoms with van der Waals surface area (Å²) in [7, 11) is 1.58. The van der Waals surface area contributed by atoms with Crippen LogP contribution in [-0.4, -0.2) is 23.8 Å². The number of fused-ring (bicyclic) bond motifs is 1. The van der Waals surface area contributed by atoms with Crippen molar-refractivity contribution in [2.24, 2.45) is 4.99 Å². The van der Waals surface area contributed by atoms with E-state index in [1.165, 1.54) is 11.3 Å². The van der Waals surface area contributed by atoms with Crippen molar-refractivity contribution in [1.82, 2.24) is 4.57 Å². The second-order valence-electron chi connectivity index (χ2n) is 9.14. The number of hydrogen-bond donors (Lipinski definition) is 0. The molecule has 2 aromatic carbocycles. The lowest BCUT2D eigenvalue weighted by atomic mass is 9.96. The number of hydrogen-bond acceptors (Lipinski definition) is 7. The van der Waals surface area contributed by atoms with Crippen LogP contribution in [0.1, 0.15) is 38.1 Å². The lowest BCUT2D eigenvalue weighted by molar-refractivity contribution is -0.143. The first-order chi connectivity index (χ1) is 18.7. The molecule has 200 valence electrons. The molecule has 0 N–H and O–H groups in total. The SMILES string of the molecule is COc1ccc([C@H]2C(C(=O)OC(C)C)=C(C)N=c3s/c(=C\c4ccc(-c5ccc(Br)c(Cl)c5)o4)c(=O)n32)cc1. The van der Waals surface area contributed by atoms with Crippen LogP contribution >= 0.6 is 38.9 Å². The topological polar surface area (TPSA) is 83.0 Å². The number of thiazole rings is 1. The molecule has 0 fully saturated rings. The summed E-state index contributed by atoms with van der Waals surface area (Å²) in [6.07, 6.45) is 1.36. The van der Waals surface area contributed by atoms with E-state index in [4.69, 9.17) is 25.5 Å². The molecule has 0 aliphatic carbocycles. The number of furan rings is 1. The van der Waals surface area contributed by atoms with Gasteiger partial charge in [0.05, 0.1) is 40.1 Å². The number of methoxy groups -OCH3 is 1. The monoisotopic (exact) mass is 626 g/mol. The number of benzene rings is 2. The van der Waals surface area contributed by atoms with Crippen LogP contribution in [0.25, 0.3) is 17.4 Å². The van der Waals surface area contributed by atoms with Gasteiger partial charge in [-0.1, -0.05) is 41.1 Å². The Kier molecular flexibility index (Phi) is 7.66. The van der Waals surface area contributed by atoms with Crippen LogP contribution in [0.5, 0.6) is 5.75 Å². The molecule has 0 amide bonds. The van der Waals surface area contributed by atoms with Crippen LogP contribution < -0.4 is 19.6 Å². The van der Waals surface area contributed by atoms with Gasteiger partial charge in [0.25, 0.3) is 5.56 Å². The lowest BCUT2D eigenvalue weighted by Gasteiger charge is -2.25. The van der Waals surface area contributed by atoms with Gasteiger partial charge in [0.15, 0.2) is 4.80 Å². The van der Waals surface area contributed by atoms with Gasteiger partial charge in [-0.15, -0.1) is 0 Å². The Bertz CT molecular complexity index is 1780. The van der Waals surface area contributed by atoms with Crippen LogP contribution in [0.3, 0.4) is 0 Å². The molecule has 0 radical (unpaired) electrons. The molecular weight excluding hydrogens is 604 g/mol. The van der Waals surface area contributed by atoms with E-state index in [0.29, 0.717) is 42.9 Å². The molecule has 7 nitrogen and oxygen atoms in total. The maximum atomic E-state index is 13.8. The number of allylic oxidation sites excluding steroid dienone is 1. The first-order valence-corrected chi connectivity index (χ1v) is 14.1. The van der Waals surface area contributed by atoms with Gasteiger partial charge in [-0.25, -0.2) is 9.79 Å². The summed E-state index contributed by atoms with van der Waals surface area (Å²) in [5, 5.41) is 0.569. The van der Waals surface area contributed by atoms with Gasteiger partial charge in [0.1, 0.15) is 17.3 Å². The van der Waals surface area contributed by atoms with Crippen molar-refractivity contribution in [3.8, 4) is 17.1 Å². The molecule has 1 aliphatic rings. The van der Waals surface area contributed by atoms with Crippen molar-refractivity contribution in [2.75, 3.05) is 7.11 Å². The van der Waals surface area contributed by atoms with E-state index in [-0.39, 0.29) is 11.7 Å². The molecule has 3 heterocycles. The van der Waals surface area contributed by atoms with Gasteiger partial charge in [-0.3, -0.25) is 9.36 Å². The van der Waals surface area contributed by atoms with E-state index in [1.807, 2.05) is 30.3 Å². The smallest absolute Gasteiger partial charge is 0.338 e. The minimum absolute atomic E-state index is 0.286. The van der Waals surface area contributed by atoms with Crippen LogP contribution in [-0.2, 0) is 9.53 Å². The summed E-state index contributed by atoms with van der Waals surface area (Å²) in [5.41, 5.74) is 2.09. The first kappa shape index (κ1) is 27.2. The van der Waals surface area contributed by atoms with Crippen molar-refractivity contribution in [1.29, 1.82) is 0 Å². The van der Waals surface area contributed by atoms with E-state index in [2.05, 4.69) is 20.9 Å². The van der Waals surface area contributed by atoms with Crippen LogP contribution in [0.4, 0.5) is 0 Å². The highest BCUT2D eigenvalue weighted by Crippen LogP contribution is 2.32. The van der Waals surface area contributed by atoms with Crippen molar-refractivity contribution in [3.63, 3.8) is 0 Å². The third kappa shape index (κ3) is 5.39. The molecule has 5 rings (SSSR count). The average Bonchev–Trinajstić information content (AvgIpc) is 3.49. The number of nitrogens with zero attached hydrogens (tertiary/aromatic N) is 2. The lowest BCUT2D eigenvalue weighted by Crippen LogP contribution is -2.40. The molecular formula is C29H24BrClN2O5S. The summed E-state index contributed by atoms with van der Waals surface area (Å²) in [5.74, 6) is 1.28. The molecule has 0 spiro atoms. The van der Waals surface area contributed by atoms with Crippen molar-refractivity contribution in [2.45, 2.75) is 32.9 Å². The zero-order valence-corrected chi connectivity index (χ0v) is 24.7. The molecule has 1 aliphatic heterocycles. The highest BCUT2D eigenvalue weighted by molar-refractivity contribution is 9.10. The van der Waals surface area contributed by atoms with Gasteiger partial charge in [-0.05, 0) is 78.7 Å². The maximum absolute atomic E-state index is 13.8. The summed E-state index contributed by atoms with van der Waals surface area (Å²) in [4.78, 5) is 32.1. The maximum Gasteiger partial charge on any atom is 0.338 e. The third-order valence-electron chi connectivity index (χ3n) is 6.12. The second kappa shape index (κ2) is 11.0. The molecule has 0 saturated heterocycles. The number of carbonyl (C=O) groups excluding carboxylic acids is 1. The number of halogens is 2. The summed E-state index contributed by atoms with van der Waals surface area (Å²) >= 11 is 10.9. The van der Waals surface area contributed by atoms with Gasteiger partial charge >= 0.3 is 5.97 Å². The minimum atomic E-state index is -0.711. The molecule has 0 bridgehead atoms. The summed E-state index contributed by atoms with van der Waals surface area (Å²) < 4.78 is 19.6. The van der Waals surface area contributed by atoms with Gasteiger partial charge in [0, 0.05) is 16.1 Å². The van der Waals surface area contributed by atoms with E-state index in [9.17, 15) is 9.59 Å². The Morgan fingerprint density at radius 2 is 1.92 bits per heavy atom. The van der Waals surface area contributed by atoms with Crippen LogP contribution in [0, 0.1) is 0 Å². The number of carbonyl (C=O) groups is 1. The Morgan fingerprint density at radius 3 is 2.59 bits per heavy atom. The Morgan fingerprint density at radius 1 is 1.18 bits per heavy atom. The number of rotatable bonds is 6. The Hall–Kier alpha value is -3.40. The predicted molar refractivity (Wildman–Crippen MR) is 155 cm³/mol. The van der Waals surface area contributed by atoms with Crippen molar-refractivity contribution >= 4 is 50.9 Å². The number of aromatic nitrogens is 1. The summed E-state index contributed by atoms with van der Waals surface area (Å²) in [6.45, 7) is 5.32. The average molecular weight is 628 g/mol. The predicted octanol–water partition coefficient (Wildman–Crippen LogP) is 5.87. The first-order valence-electron chi connectivity index (χ1n) is 12.1. The van der Waals surface area contributed by atoms with Gasteiger partial charge < -0.3 is 13.9 Å². The molecule has 0 unspecified atom stereocenters. The van der Waals surface area contributed by atoms with E-state index in [0.717, 1.165) is 15.6 Å². The molecule has 39 heavy (non-hydrogen) atoms. The van der Waals surface area contributed by atoms with Gasteiger partial charge in [0.2, 0.25) is 0 Å². The molecule has 1 atom stereocenters. The number of ether oxygens (including phenoxy) is 2. The zero-order valence-electron chi connectivity index (χ0n) is 21.5. The van der Waals surface area contributed by atoms with Crippen LogP contribution in [0.15, 0.2) is 84.5 Å². The van der Waals surface area contributed by atoms with Crippen molar-refractivity contribution in [3.05, 3.63) is 106 Å². The fourth-order valence-corrected chi connectivity index (χ4v) is 5.78. The Labute approximate surface area is 241 Å². The van der Waals surface area contributed by atoms with Crippen molar-refractivity contribution < 1.29 is 18.7 Å². The standard InChI is InChI=1S/C29H24BrClN2O5S/c1-15(2)37-28(35)25-16(3)32-29-33(26(25)17-5-8-19(36-4)9-6-17)27(34)24(39-29)14-20-10-12-23(38-20)18-7-11-21(30)22(31)13-18/h5-15,26H,1-4H3/b24-14-/t26-/m0/s1. The fourth-order valence-electron chi connectivity index (χ4n) is 4.33. The van der Waals surface area contributed by atoms with Crippen LogP contribution in [0.2, 0.25) is 5.02 Å². The zero-order chi connectivity index (χ0) is 27.8. The molecule has 10 heteroatoms. The van der Waals surface area contributed by atoms with Gasteiger partial charge in [-0.2, -0.15) is 0 Å². The normalized spacial score (nSPS) is 15.4. The minimum Gasteiger partial charge on any atom is -0.497 e. The second-order valence-corrected chi connectivity index (χ2v) is 11.4. The molecule has 2 aromatic heterocycles. The summed E-state index contributed by atoms with van der Waals surface area (Å²) in [6, 6.07) is 15.7. The molecule has 0 saturated carbocycles. The fraction of sp³-hybridized carbons (Fsp3) is 0.207. The van der Waals surface area contributed by atoms with E-state index < -0.39 is 12.0 Å². The highest BCUT2D eigenvalue weighted by Gasteiger charge is 2.33. The quantitative estimate of drug-likeness (QED) is 0.250. The third-order valence-corrected chi connectivity index (χ3v) is 8.34. The number of esters is 1. The highest BCUT2D eigenvalue weighted by atomic mass is 79.9. The Balaban J connectivity index is 1.62.